The molecule has 10 aromatic rings. The largest absolute Gasteiger partial charge is 0.298 e. The summed E-state index contributed by atoms with van der Waals surface area (Å²) in [5.41, 5.74) is 8.91. The molecule has 1 saturated carbocycles. The van der Waals surface area contributed by atoms with E-state index in [9.17, 15) is 0 Å². The van der Waals surface area contributed by atoms with E-state index in [-0.39, 0.29) is 22.3 Å². The summed E-state index contributed by atoms with van der Waals surface area (Å²) in [4.78, 5) is 82.7. The summed E-state index contributed by atoms with van der Waals surface area (Å²) in [6.45, 7) is 0. The number of carbonyl (C=O) groups is 4. The van der Waals surface area contributed by atoms with Crippen LogP contribution in [0.2, 0.25) is 0 Å². The Bertz CT molecular complexity index is 3200. The van der Waals surface area contributed by atoms with Crippen molar-refractivity contribution in [2.75, 3.05) is 0 Å². The van der Waals surface area contributed by atoms with E-state index in [1.165, 1.54) is 9.80 Å². The van der Waals surface area contributed by atoms with E-state index in [0.29, 0.717) is 48.4 Å². The minimum atomic E-state index is -0.821. The van der Waals surface area contributed by atoms with Gasteiger partial charge in [-0.2, -0.15) is 0 Å². The molecule has 0 N–H and O–H groups in total. The molecule has 1 fully saturated rings. The lowest BCUT2D eigenvalue weighted by molar-refractivity contribution is 0.0291. The maximum atomic E-state index is 15.4. The maximum absolute atomic E-state index is 15.4. The third-order valence-electron chi connectivity index (χ3n) is 13.3. The quantitative estimate of drug-likeness (QED) is 0.152. The SMILES string of the molecule is O=C1c2c(-n3cnc4ccccc43)ccc(-n3cnc4ccccc43)c2C(=O)N1C1CCCCC1N1C(=O)c2c(-n3cnc4ccccc43)ccc(-n3cnc4ccccc43)c2C1=O. The number of benzene rings is 6. The highest BCUT2D eigenvalue weighted by Crippen LogP contribution is 2.43. The van der Waals surface area contributed by atoms with E-state index < -0.39 is 35.7 Å². The van der Waals surface area contributed by atoms with Gasteiger partial charge in [0.1, 0.15) is 25.3 Å². The maximum Gasteiger partial charge on any atom is 0.264 e. The van der Waals surface area contributed by atoms with Gasteiger partial charge in [0.05, 0.1) is 101 Å². The summed E-state index contributed by atoms with van der Waals surface area (Å²) in [6, 6.07) is 36.2. The van der Waals surface area contributed by atoms with Gasteiger partial charge in [-0.1, -0.05) is 61.4 Å². The van der Waals surface area contributed by atoms with Gasteiger partial charge in [0, 0.05) is 0 Å². The molecular weight excluding hydrogens is 805 g/mol. The summed E-state index contributed by atoms with van der Waals surface area (Å²) in [7, 11) is 0. The standard InChI is InChI=1S/C50H34N10O4/c61-47-43-39(55-25-51-29-11-1-5-15-33(29)55)21-22-40(56-26-52-30-12-2-6-16-34(30)56)44(43)48(62)59(47)37-19-9-10-20-38(37)60-49(63)45-41(57-27-53-31-13-3-7-17-35(31)57)23-24-42(46(45)50(60)64)58-28-54-32-14-4-8-18-36(32)58/h1-8,11-18,21-28,37-38H,9-10,19-20H2. The predicted octanol–water partition coefficient (Wildman–Crippen LogP) is 8.25. The van der Waals surface area contributed by atoms with Crippen molar-refractivity contribution in [3.63, 3.8) is 0 Å². The minimum Gasteiger partial charge on any atom is -0.298 e. The van der Waals surface area contributed by atoms with Crippen LogP contribution in [0.3, 0.4) is 0 Å². The third-order valence-corrected chi connectivity index (χ3v) is 13.3. The number of hydrogen-bond donors (Lipinski definition) is 0. The van der Waals surface area contributed by atoms with E-state index in [2.05, 4.69) is 19.9 Å². The number of carbonyl (C=O) groups excluding carboxylic acids is 4. The molecule has 6 heterocycles. The molecule has 4 amide bonds. The van der Waals surface area contributed by atoms with E-state index in [0.717, 1.165) is 44.1 Å². The Balaban J connectivity index is 0.969. The van der Waals surface area contributed by atoms with Crippen molar-refractivity contribution in [3.8, 4) is 22.7 Å². The van der Waals surface area contributed by atoms with Gasteiger partial charge < -0.3 is 0 Å². The summed E-state index contributed by atoms with van der Waals surface area (Å²) >= 11 is 0. The number of para-hydroxylation sites is 8. The van der Waals surface area contributed by atoms with Crippen molar-refractivity contribution in [1.82, 2.24) is 48.0 Å². The highest BCUT2D eigenvalue weighted by atomic mass is 16.2. The van der Waals surface area contributed by atoms with Gasteiger partial charge in [-0.05, 0) is 85.6 Å². The first-order chi connectivity index (χ1) is 31.5. The molecule has 2 aliphatic heterocycles. The molecule has 0 radical (unpaired) electrons. The van der Waals surface area contributed by atoms with Crippen LogP contribution in [0.4, 0.5) is 0 Å². The Morgan fingerprint density at radius 1 is 0.344 bits per heavy atom. The van der Waals surface area contributed by atoms with Crippen molar-refractivity contribution in [3.05, 3.63) is 169 Å². The molecule has 308 valence electrons. The molecule has 2 unspecified atom stereocenters. The average molecular weight is 839 g/mol. The highest BCUT2D eigenvalue weighted by molar-refractivity contribution is 6.27. The molecule has 4 aromatic heterocycles. The Labute approximate surface area is 363 Å². The van der Waals surface area contributed by atoms with Gasteiger partial charge in [0.2, 0.25) is 0 Å². The first-order valence-electron chi connectivity index (χ1n) is 21.3. The molecule has 1 aliphatic carbocycles. The highest BCUT2D eigenvalue weighted by Gasteiger charge is 2.52. The molecule has 6 aromatic carbocycles. The van der Waals surface area contributed by atoms with E-state index in [1.54, 1.807) is 25.3 Å². The van der Waals surface area contributed by atoms with Gasteiger partial charge in [0.15, 0.2) is 0 Å². The lowest BCUT2D eigenvalue weighted by Gasteiger charge is -2.40. The second-order valence-corrected chi connectivity index (χ2v) is 16.5. The van der Waals surface area contributed by atoms with Crippen LogP contribution < -0.4 is 0 Å². The number of hydrogen-bond acceptors (Lipinski definition) is 8. The van der Waals surface area contributed by atoms with Gasteiger partial charge in [-0.3, -0.25) is 47.2 Å². The molecule has 13 rings (SSSR count). The van der Waals surface area contributed by atoms with Crippen molar-refractivity contribution < 1.29 is 19.2 Å². The lowest BCUT2D eigenvalue weighted by Crippen LogP contribution is -2.56. The number of nitrogens with zero attached hydrogens (tertiary/aromatic N) is 10. The Morgan fingerprint density at radius 3 is 0.859 bits per heavy atom. The van der Waals surface area contributed by atoms with Crippen molar-refractivity contribution >= 4 is 67.8 Å². The number of aromatic nitrogens is 8. The molecule has 0 spiro atoms. The molecule has 64 heavy (non-hydrogen) atoms. The molecule has 3 aliphatic rings. The predicted molar refractivity (Wildman–Crippen MR) is 238 cm³/mol. The monoisotopic (exact) mass is 838 g/mol. The van der Waals surface area contributed by atoms with E-state index in [1.807, 2.05) is 140 Å². The van der Waals surface area contributed by atoms with Crippen LogP contribution in [0.1, 0.15) is 67.1 Å². The van der Waals surface area contributed by atoms with Crippen molar-refractivity contribution in [1.29, 1.82) is 0 Å². The second-order valence-electron chi connectivity index (χ2n) is 16.5. The van der Waals surface area contributed by atoms with Crippen LogP contribution >= 0.6 is 0 Å². The third kappa shape index (κ3) is 4.95. The Morgan fingerprint density at radius 2 is 0.594 bits per heavy atom. The van der Waals surface area contributed by atoms with Gasteiger partial charge in [0.25, 0.3) is 23.6 Å². The zero-order valence-corrected chi connectivity index (χ0v) is 33.9. The van der Waals surface area contributed by atoms with Gasteiger partial charge >= 0.3 is 0 Å². The topological polar surface area (TPSA) is 146 Å². The van der Waals surface area contributed by atoms with Crippen molar-refractivity contribution in [2.45, 2.75) is 37.8 Å². The van der Waals surface area contributed by atoms with E-state index >= 15 is 19.2 Å². The molecule has 0 bridgehead atoms. The van der Waals surface area contributed by atoms with Gasteiger partial charge in [-0.25, -0.2) is 19.9 Å². The Hall–Kier alpha value is -8.52. The van der Waals surface area contributed by atoms with Gasteiger partial charge in [-0.15, -0.1) is 0 Å². The Kier molecular flexibility index (Phi) is 7.62. The molecular formula is C50H34N10O4. The van der Waals surface area contributed by atoms with Crippen LogP contribution in [0.25, 0.3) is 66.9 Å². The zero-order valence-electron chi connectivity index (χ0n) is 33.9. The molecule has 14 nitrogen and oxygen atoms in total. The van der Waals surface area contributed by atoms with E-state index in [4.69, 9.17) is 0 Å². The number of rotatable bonds is 6. The fourth-order valence-electron chi connectivity index (χ4n) is 10.4. The summed E-state index contributed by atoms with van der Waals surface area (Å²) < 4.78 is 7.35. The number of imide groups is 2. The summed E-state index contributed by atoms with van der Waals surface area (Å²) in [5.74, 6) is -1.99. The zero-order chi connectivity index (χ0) is 42.8. The first-order valence-corrected chi connectivity index (χ1v) is 21.3. The molecule has 2 atom stereocenters. The lowest BCUT2D eigenvalue weighted by atomic mass is 9.88. The average Bonchev–Trinajstić information content (AvgIpc) is 4.20. The number of amides is 4. The second kappa shape index (κ2) is 13.5. The number of fused-ring (bicyclic) bond motifs is 6. The van der Waals surface area contributed by atoms with Crippen LogP contribution in [0.15, 0.2) is 147 Å². The van der Waals surface area contributed by atoms with Crippen LogP contribution in [-0.4, -0.2) is 83.7 Å². The van der Waals surface area contributed by atoms with Crippen LogP contribution in [-0.2, 0) is 0 Å². The number of imidazole rings is 4. The smallest absolute Gasteiger partial charge is 0.264 e. The van der Waals surface area contributed by atoms with Crippen LogP contribution in [0, 0.1) is 0 Å². The fourth-order valence-corrected chi connectivity index (χ4v) is 10.4. The summed E-state index contributed by atoms with van der Waals surface area (Å²) in [5, 5.41) is 0. The van der Waals surface area contributed by atoms with Crippen LogP contribution in [0.5, 0.6) is 0 Å². The normalized spacial score (nSPS) is 17.5. The van der Waals surface area contributed by atoms with Crippen molar-refractivity contribution in [2.24, 2.45) is 0 Å². The first kappa shape index (κ1) is 36.2. The molecule has 0 saturated heterocycles. The minimum absolute atomic E-state index is 0.221. The summed E-state index contributed by atoms with van der Waals surface area (Å²) in [6.07, 6.45) is 8.83. The fraction of sp³-hybridized carbons (Fsp3) is 0.120. The molecule has 14 heteroatoms.